The predicted octanol–water partition coefficient (Wildman–Crippen LogP) is 2.93. The number of thiophene rings is 1. The van der Waals surface area contributed by atoms with Crippen LogP contribution in [0.2, 0.25) is 0 Å². The zero-order valence-corrected chi connectivity index (χ0v) is 14.1. The first kappa shape index (κ1) is 16.2. The minimum Gasteiger partial charge on any atom is -0.324 e. The third-order valence-corrected chi connectivity index (χ3v) is 6.50. The number of anilines is 1. The second kappa shape index (κ2) is 6.82. The first-order chi connectivity index (χ1) is 11.1. The van der Waals surface area contributed by atoms with Gasteiger partial charge in [0.05, 0.1) is 10.6 Å². The van der Waals surface area contributed by atoms with Gasteiger partial charge < -0.3 is 5.32 Å². The Balaban J connectivity index is 1.85. The molecule has 1 unspecified atom stereocenters. The second-order valence-corrected chi connectivity index (χ2v) is 8.11. The van der Waals surface area contributed by atoms with E-state index in [1.165, 1.54) is 15.6 Å². The Morgan fingerprint density at radius 1 is 1.17 bits per heavy atom. The van der Waals surface area contributed by atoms with Gasteiger partial charge in [-0.25, -0.2) is 8.42 Å². The van der Waals surface area contributed by atoms with Crippen molar-refractivity contribution < 1.29 is 13.2 Å². The second-order valence-electron chi connectivity index (χ2n) is 5.44. The smallest absolute Gasteiger partial charge is 0.243 e. The van der Waals surface area contributed by atoms with Crippen molar-refractivity contribution in [1.29, 1.82) is 0 Å². The minimum absolute atomic E-state index is 0.232. The fourth-order valence-electron chi connectivity index (χ4n) is 2.74. The van der Waals surface area contributed by atoms with E-state index in [9.17, 15) is 13.2 Å². The van der Waals surface area contributed by atoms with E-state index in [2.05, 4.69) is 5.32 Å². The van der Waals surface area contributed by atoms with Crippen molar-refractivity contribution >= 4 is 33.0 Å². The van der Waals surface area contributed by atoms with Crippen LogP contribution in [0.25, 0.3) is 0 Å². The fourth-order valence-corrected chi connectivity index (χ4v) is 5.01. The van der Waals surface area contributed by atoms with Crippen LogP contribution in [0.4, 0.5) is 5.69 Å². The highest BCUT2D eigenvalue weighted by Crippen LogP contribution is 2.26. The molecule has 7 heteroatoms. The average Bonchev–Trinajstić information content (AvgIpc) is 3.08. The van der Waals surface area contributed by atoms with Crippen LogP contribution in [0.3, 0.4) is 0 Å². The summed E-state index contributed by atoms with van der Waals surface area (Å²) in [5, 5.41) is 6.51. The van der Waals surface area contributed by atoms with E-state index in [1.54, 1.807) is 36.4 Å². The van der Waals surface area contributed by atoms with Crippen LogP contribution >= 0.6 is 11.3 Å². The number of carbonyl (C=O) groups excluding carboxylic acids is 1. The molecule has 2 heterocycles. The van der Waals surface area contributed by atoms with Gasteiger partial charge in [0, 0.05) is 11.9 Å². The van der Waals surface area contributed by atoms with Crippen LogP contribution in [0, 0.1) is 0 Å². The maximum absolute atomic E-state index is 12.9. The van der Waals surface area contributed by atoms with Gasteiger partial charge in [-0.2, -0.15) is 15.6 Å². The largest absolute Gasteiger partial charge is 0.324 e. The van der Waals surface area contributed by atoms with Crippen LogP contribution in [0.1, 0.15) is 19.3 Å². The number of nitrogens with one attached hydrogen (secondary N) is 1. The molecule has 1 atom stereocenters. The summed E-state index contributed by atoms with van der Waals surface area (Å²) in [5.74, 6) is -0.261. The van der Waals surface area contributed by atoms with Crippen molar-refractivity contribution in [3.8, 4) is 0 Å². The number of amides is 1. The van der Waals surface area contributed by atoms with Gasteiger partial charge in [0.15, 0.2) is 0 Å². The van der Waals surface area contributed by atoms with Gasteiger partial charge in [-0.1, -0.05) is 24.6 Å². The molecule has 0 bridgehead atoms. The predicted molar refractivity (Wildman–Crippen MR) is 90.9 cm³/mol. The highest BCUT2D eigenvalue weighted by Gasteiger charge is 2.37. The van der Waals surface area contributed by atoms with Gasteiger partial charge in [0.2, 0.25) is 15.9 Å². The van der Waals surface area contributed by atoms with Crippen molar-refractivity contribution in [3.63, 3.8) is 0 Å². The summed E-state index contributed by atoms with van der Waals surface area (Å²) in [6.07, 6.45) is 2.17. The Hall–Kier alpha value is -1.70. The molecular formula is C16H18N2O3S2. The molecule has 1 N–H and O–H groups in total. The third-order valence-electron chi connectivity index (χ3n) is 3.89. The molecular weight excluding hydrogens is 332 g/mol. The topological polar surface area (TPSA) is 66.5 Å². The van der Waals surface area contributed by atoms with Crippen LogP contribution in [-0.4, -0.2) is 31.2 Å². The molecule has 122 valence electrons. The molecule has 23 heavy (non-hydrogen) atoms. The Morgan fingerprint density at radius 3 is 2.65 bits per heavy atom. The van der Waals surface area contributed by atoms with Crippen molar-refractivity contribution in [2.45, 2.75) is 30.2 Å². The average molecular weight is 350 g/mol. The number of piperidine rings is 1. The Labute approximate surface area is 140 Å². The molecule has 3 rings (SSSR count). The third kappa shape index (κ3) is 3.46. The van der Waals surface area contributed by atoms with Gasteiger partial charge in [0.25, 0.3) is 0 Å². The van der Waals surface area contributed by atoms with Gasteiger partial charge in [-0.15, -0.1) is 0 Å². The Morgan fingerprint density at radius 2 is 1.96 bits per heavy atom. The molecule has 1 aliphatic heterocycles. The summed E-state index contributed by atoms with van der Waals surface area (Å²) >= 11 is 1.48. The van der Waals surface area contributed by atoms with Gasteiger partial charge >= 0.3 is 0 Å². The van der Waals surface area contributed by atoms with E-state index < -0.39 is 16.1 Å². The Bertz CT molecular complexity index is 758. The monoisotopic (exact) mass is 350 g/mol. The fraction of sp³-hybridized carbons (Fsp3) is 0.312. The number of nitrogens with zero attached hydrogens (tertiary/aromatic N) is 1. The lowest BCUT2D eigenvalue weighted by Gasteiger charge is -2.33. The van der Waals surface area contributed by atoms with Gasteiger partial charge in [0.1, 0.15) is 6.04 Å². The maximum Gasteiger partial charge on any atom is 0.243 e. The molecule has 1 saturated heterocycles. The lowest BCUT2D eigenvalue weighted by molar-refractivity contribution is -0.120. The molecule has 0 spiro atoms. The van der Waals surface area contributed by atoms with Crippen molar-refractivity contribution in [2.75, 3.05) is 11.9 Å². The number of carbonyl (C=O) groups is 1. The summed E-state index contributed by atoms with van der Waals surface area (Å²) in [6, 6.07) is 9.44. The minimum atomic E-state index is -3.66. The standard InChI is InChI=1S/C16H18N2O3S2/c19-16(17-13-9-11-22-12-13)15-8-4-5-10-18(15)23(20,21)14-6-2-1-3-7-14/h1-3,6-7,9,11-12,15H,4-5,8,10H2,(H,17,19). The molecule has 0 radical (unpaired) electrons. The zero-order valence-electron chi connectivity index (χ0n) is 12.5. The van der Waals surface area contributed by atoms with Crippen molar-refractivity contribution in [2.24, 2.45) is 0 Å². The normalized spacial score (nSPS) is 19.4. The molecule has 1 aromatic carbocycles. The van der Waals surface area contributed by atoms with E-state index in [4.69, 9.17) is 0 Å². The molecule has 1 fully saturated rings. The molecule has 2 aromatic rings. The lowest BCUT2D eigenvalue weighted by atomic mass is 10.0. The summed E-state index contributed by atoms with van der Waals surface area (Å²) in [6.45, 7) is 0.374. The van der Waals surface area contributed by atoms with Gasteiger partial charge in [-0.05, 0) is 36.4 Å². The van der Waals surface area contributed by atoms with Crippen LogP contribution < -0.4 is 5.32 Å². The van der Waals surface area contributed by atoms with E-state index in [1.807, 2.05) is 10.8 Å². The Kier molecular flexibility index (Phi) is 4.79. The van der Waals surface area contributed by atoms with Crippen molar-refractivity contribution in [3.05, 3.63) is 47.2 Å². The first-order valence-electron chi connectivity index (χ1n) is 7.49. The van der Waals surface area contributed by atoms with Crippen LogP contribution in [-0.2, 0) is 14.8 Å². The summed E-state index contributed by atoms with van der Waals surface area (Å²) in [4.78, 5) is 12.8. The number of hydrogen-bond acceptors (Lipinski definition) is 4. The van der Waals surface area contributed by atoms with Crippen LogP contribution in [0.15, 0.2) is 52.1 Å². The van der Waals surface area contributed by atoms with E-state index in [-0.39, 0.29) is 10.8 Å². The number of sulfonamides is 1. The van der Waals surface area contributed by atoms with E-state index >= 15 is 0 Å². The summed E-state index contributed by atoms with van der Waals surface area (Å²) < 4.78 is 27.0. The van der Waals surface area contributed by atoms with Crippen molar-refractivity contribution in [1.82, 2.24) is 4.31 Å². The maximum atomic E-state index is 12.9. The summed E-state index contributed by atoms with van der Waals surface area (Å²) in [7, 11) is -3.66. The lowest BCUT2D eigenvalue weighted by Crippen LogP contribution is -2.49. The van der Waals surface area contributed by atoms with E-state index in [0.29, 0.717) is 18.7 Å². The SMILES string of the molecule is O=C(Nc1ccsc1)C1CCCCN1S(=O)(=O)c1ccccc1. The molecule has 0 saturated carbocycles. The van der Waals surface area contributed by atoms with Crippen LogP contribution in [0.5, 0.6) is 0 Å². The highest BCUT2D eigenvalue weighted by atomic mass is 32.2. The first-order valence-corrected chi connectivity index (χ1v) is 9.87. The highest BCUT2D eigenvalue weighted by molar-refractivity contribution is 7.89. The quantitative estimate of drug-likeness (QED) is 0.922. The number of rotatable bonds is 4. The molecule has 1 amide bonds. The number of hydrogen-bond donors (Lipinski definition) is 1. The molecule has 0 aliphatic carbocycles. The van der Waals surface area contributed by atoms with E-state index in [0.717, 1.165) is 12.8 Å². The zero-order chi connectivity index (χ0) is 16.3. The summed E-state index contributed by atoms with van der Waals surface area (Å²) in [5.41, 5.74) is 0.711. The molecule has 1 aliphatic rings. The number of benzene rings is 1. The molecule has 5 nitrogen and oxygen atoms in total. The van der Waals surface area contributed by atoms with Gasteiger partial charge in [-0.3, -0.25) is 4.79 Å². The molecule has 1 aromatic heterocycles.